The normalized spacial score (nSPS) is 9.61. The molecule has 7 nitrogen and oxygen atoms in total. The first-order chi connectivity index (χ1) is 8.40. The number of primary amides is 1. The summed E-state index contributed by atoms with van der Waals surface area (Å²) < 4.78 is 5.61. The van der Waals surface area contributed by atoms with E-state index in [2.05, 4.69) is 15.9 Å². The molecule has 1 aromatic carbocycles. The van der Waals surface area contributed by atoms with E-state index >= 15 is 0 Å². The van der Waals surface area contributed by atoms with Crippen LogP contribution in [0.4, 0.5) is 4.79 Å². The van der Waals surface area contributed by atoms with Crippen molar-refractivity contribution in [3.05, 3.63) is 28.2 Å². The molecular weight excluding hydrogens is 308 g/mol. The molecule has 0 saturated carbocycles. The van der Waals surface area contributed by atoms with Gasteiger partial charge in [-0.2, -0.15) is 0 Å². The van der Waals surface area contributed by atoms with Crippen LogP contribution in [0.2, 0.25) is 0 Å². The summed E-state index contributed by atoms with van der Waals surface area (Å²) in [6, 6.07) is 3.26. The van der Waals surface area contributed by atoms with Gasteiger partial charge in [-0.3, -0.25) is 10.1 Å². The van der Waals surface area contributed by atoms with Crippen LogP contribution >= 0.6 is 15.9 Å². The lowest BCUT2D eigenvalue weighted by Crippen LogP contribution is -2.38. The largest absolute Gasteiger partial charge is 0.483 e. The Hall–Kier alpha value is -2.09. The molecule has 0 aromatic heterocycles. The Morgan fingerprint density at radius 2 is 2.06 bits per heavy atom. The zero-order valence-corrected chi connectivity index (χ0v) is 10.6. The van der Waals surface area contributed by atoms with E-state index in [4.69, 9.17) is 15.6 Å². The van der Waals surface area contributed by atoms with Crippen LogP contribution in [0.15, 0.2) is 22.7 Å². The third kappa shape index (κ3) is 4.06. The highest BCUT2D eigenvalue weighted by Gasteiger charge is 2.13. The number of ether oxygens (including phenoxy) is 1. The third-order valence-electron chi connectivity index (χ3n) is 1.80. The molecule has 0 saturated heterocycles. The monoisotopic (exact) mass is 316 g/mol. The molecule has 18 heavy (non-hydrogen) atoms. The fourth-order valence-electron chi connectivity index (χ4n) is 1.11. The summed E-state index contributed by atoms with van der Waals surface area (Å²) in [5.41, 5.74) is 4.64. The van der Waals surface area contributed by atoms with Gasteiger partial charge in [-0.1, -0.05) is 15.9 Å². The Labute approximate surface area is 110 Å². The van der Waals surface area contributed by atoms with Gasteiger partial charge in [0, 0.05) is 4.47 Å². The van der Waals surface area contributed by atoms with Crippen LogP contribution in [-0.4, -0.2) is 29.6 Å². The number of urea groups is 1. The van der Waals surface area contributed by atoms with Gasteiger partial charge in [0.1, 0.15) is 11.3 Å². The predicted molar refractivity (Wildman–Crippen MR) is 64.3 cm³/mol. The molecule has 96 valence electrons. The molecule has 0 atom stereocenters. The van der Waals surface area contributed by atoms with E-state index in [1.807, 2.05) is 0 Å². The highest BCUT2D eigenvalue weighted by molar-refractivity contribution is 9.10. The number of hydrogen-bond acceptors (Lipinski definition) is 4. The van der Waals surface area contributed by atoms with Gasteiger partial charge in [-0.25, -0.2) is 9.59 Å². The van der Waals surface area contributed by atoms with Crippen molar-refractivity contribution in [2.75, 3.05) is 6.61 Å². The Morgan fingerprint density at radius 1 is 1.39 bits per heavy atom. The van der Waals surface area contributed by atoms with Gasteiger partial charge in [0.25, 0.3) is 5.91 Å². The average molecular weight is 317 g/mol. The molecule has 1 rings (SSSR count). The summed E-state index contributed by atoms with van der Waals surface area (Å²) in [4.78, 5) is 32.4. The quantitative estimate of drug-likeness (QED) is 0.756. The molecule has 0 heterocycles. The molecule has 0 aliphatic rings. The van der Waals surface area contributed by atoms with E-state index in [-0.39, 0.29) is 11.3 Å². The number of rotatable bonds is 4. The lowest BCUT2D eigenvalue weighted by Gasteiger charge is -2.08. The van der Waals surface area contributed by atoms with E-state index in [0.29, 0.717) is 4.47 Å². The van der Waals surface area contributed by atoms with Gasteiger partial charge < -0.3 is 15.6 Å². The summed E-state index contributed by atoms with van der Waals surface area (Å²) in [6.45, 7) is -0.514. The molecule has 0 unspecified atom stereocenters. The second kappa shape index (κ2) is 6.01. The van der Waals surface area contributed by atoms with Crippen LogP contribution in [0.3, 0.4) is 0 Å². The summed E-state index contributed by atoms with van der Waals surface area (Å²) >= 11 is 3.15. The van der Waals surface area contributed by atoms with Gasteiger partial charge in [-0.05, 0) is 18.2 Å². The number of halogens is 1. The highest BCUT2D eigenvalue weighted by atomic mass is 79.9. The zero-order chi connectivity index (χ0) is 13.7. The van der Waals surface area contributed by atoms with Gasteiger partial charge >= 0.3 is 12.0 Å². The minimum atomic E-state index is -1.19. The van der Waals surface area contributed by atoms with Gasteiger partial charge in [0.15, 0.2) is 6.61 Å². The minimum absolute atomic E-state index is 0.0106. The molecule has 0 aliphatic carbocycles. The molecular formula is C10H9BrN2O5. The lowest BCUT2D eigenvalue weighted by atomic mass is 10.2. The number of carboxylic acid groups (broad SMARTS) is 1. The fraction of sp³-hybridized carbons (Fsp3) is 0.100. The number of hydrogen-bond donors (Lipinski definition) is 3. The number of imide groups is 1. The van der Waals surface area contributed by atoms with Crippen LogP contribution in [0.1, 0.15) is 10.4 Å². The maximum absolute atomic E-state index is 11.1. The molecule has 0 bridgehead atoms. The van der Waals surface area contributed by atoms with Crippen LogP contribution < -0.4 is 15.8 Å². The average Bonchev–Trinajstić information content (AvgIpc) is 2.25. The van der Waals surface area contributed by atoms with E-state index in [1.54, 1.807) is 5.32 Å². The highest BCUT2D eigenvalue weighted by Crippen LogP contribution is 2.23. The number of carbonyl (C=O) groups is 3. The molecule has 1 aromatic rings. The number of nitrogens with two attached hydrogens (primary N) is 1. The Balaban J connectivity index is 2.77. The number of nitrogens with one attached hydrogen (secondary N) is 1. The molecule has 0 aliphatic heterocycles. The van der Waals surface area contributed by atoms with Crippen molar-refractivity contribution in [2.45, 2.75) is 0 Å². The number of carboxylic acids is 1. The maximum atomic E-state index is 11.1. The van der Waals surface area contributed by atoms with Gasteiger partial charge in [-0.15, -0.1) is 0 Å². The second-order valence-corrected chi connectivity index (χ2v) is 4.06. The Morgan fingerprint density at radius 3 is 2.61 bits per heavy atom. The van der Waals surface area contributed by atoms with Crippen molar-refractivity contribution in [1.82, 2.24) is 5.32 Å². The Bertz CT molecular complexity index is 503. The van der Waals surface area contributed by atoms with Crippen LogP contribution in [-0.2, 0) is 4.79 Å². The van der Waals surface area contributed by atoms with Crippen molar-refractivity contribution < 1.29 is 24.2 Å². The number of carbonyl (C=O) groups excluding carboxylic acids is 2. The summed E-state index contributed by atoms with van der Waals surface area (Å²) in [5.74, 6) is -1.94. The third-order valence-corrected chi connectivity index (χ3v) is 2.29. The first-order valence-electron chi connectivity index (χ1n) is 4.65. The van der Waals surface area contributed by atoms with Gasteiger partial charge in [0.05, 0.1) is 0 Å². The lowest BCUT2D eigenvalue weighted by molar-refractivity contribution is -0.121. The van der Waals surface area contributed by atoms with E-state index in [1.165, 1.54) is 18.2 Å². The number of aromatic carboxylic acids is 1. The topological polar surface area (TPSA) is 119 Å². The van der Waals surface area contributed by atoms with Crippen molar-refractivity contribution in [1.29, 1.82) is 0 Å². The number of amides is 3. The second-order valence-electron chi connectivity index (χ2n) is 3.15. The first-order valence-corrected chi connectivity index (χ1v) is 5.44. The predicted octanol–water partition coefficient (Wildman–Crippen LogP) is 0.721. The fourth-order valence-corrected chi connectivity index (χ4v) is 1.45. The van der Waals surface area contributed by atoms with Crippen LogP contribution in [0, 0.1) is 0 Å². The molecule has 4 N–H and O–H groups in total. The molecule has 8 heteroatoms. The van der Waals surface area contributed by atoms with Crippen molar-refractivity contribution in [3.63, 3.8) is 0 Å². The zero-order valence-electron chi connectivity index (χ0n) is 8.97. The molecule has 0 fully saturated rings. The van der Waals surface area contributed by atoms with Crippen molar-refractivity contribution in [3.8, 4) is 5.75 Å². The van der Waals surface area contributed by atoms with Crippen LogP contribution in [0.25, 0.3) is 0 Å². The minimum Gasteiger partial charge on any atom is -0.483 e. The van der Waals surface area contributed by atoms with E-state index < -0.39 is 24.5 Å². The summed E-state index contributed by atoms with van der Waals surface area (Å²) in [6.07, 6.45) is 0. The molecule has 0 radical (unpaired) electrons. The van der Waals surface area contributed by atoms with Gasteiger partial charge in [0.2, 0.25) is 0 Å². The smallest absolute Gasteiger partial charge is 0.339 e. The SMILES string of the molecule is NC(=O)NC(=O)COc1cc(Br)ccc1C(=O)O. The van der Waals surface area contributed by atoms with E-state index in [0.717, 1.165) is 0 Å². The summed E-state index contributed by atoms with van der Waals surface area (Å²) in [7, 11) is 0. The standard InChI is InChI=1S/C10H9BrN2O5/c11-5-1-2-6(9(15)16)7(3-5)18-4-8(14)13-10(12)17/h1-3H,4H2,(H,15,16)(H3,12,13,14,17). The Kier molecular flexibility index (Phi) is 4.67. The van der Waals surface area contributed by atoms with Crippen LogP contribution in [0.5, 0.6) is 5.75 Å². The molecule has 0 spiro atoms. The maximum Gasteiger partial charge on any atom is 0.339 e. The van der Waals surface area contributed by atoms with E-state index in [9.17, 15) is 14.4 Å². The van der Waals surface area contributed by atoms with Crippen molar-refractivity contribution >= 4 is 33.8 Å². The first kappa shape index (κ1) is 14.0. The number of benzene rings is 1. The summed E-state index contributed by atoms with van der Waals surface area (Å²) in [5, 5.41) is 10.7. The molecule has 3 amide bonds. The van der Waals surface area contributed by atoms with Crippen molar-refractivity contribution in [2.24, 2.45) is 5.73 Å².